The topological polar surface area (TPSA) is 69.0 Å². The molecule has 1 amide bonds. The molecule has 0 aliphatic heterocycles. The zero-order valence-electron chi connectivity index (χ0n) is 20.6. The number of nitrogens with one attached hydrogen (secondary N) is 1. The van der Waals surface area contributed by atoms with Crippen LogP contribution in [0.25, 0.3) is 11.4 Å². The molecule has 186 valence electrons. The van der Waals surface area contributed by atoms with Gasteiger partial charge < -0.3 is 10.1 Å². The summed E-state index contributed by atoms with van der Waals surface area (Å²) in [6.45, 7) is 4.97. The lowest BCUT2D eigenvalue weighted by Gasteiger charge is -2.17. The summed E-state index contributed by atoms with van der Waals surface area (Å²) in [7, 11) is 1.68. The van der Waals surface area contributed by atoms with Gasteiger partial charge in [-0.25, -0.2) is 4.39 Å². The number of aryl methyl sites for hydroxylation is 1. The van der Waals surface area contributed by atoms with Gasteiger partial charge in [-0.1, -0.05) is 71.9 Å². The molecule has 0 bridgehead atoms. The Kier molecular flexibility index (Phi) is 8.51. The summed E-state index contributed by atoms with van der Waals surface area (Å²) < 4.78 is 20.7. The smallest absolute Gasteiger partial charge is 0.251 e. The number of aromatic nitrogens is 3. The maximum absolute atomic E-state index is 13.2. The Morgan fingerprint density at radius 1 is 1.06 bits per heavy atom. The fraction of sp³-hybridized carbons (Fsp3) is 0.250. The molecule has 1 aromatic heterocycles. The predicted molar refractivity (Wildman–Crippen MR) is 140 cm³/mol. The van der Waals surface area contributed by atoms with E-state index in [1.807, 2.05) is 36.4 Å². The molecule has 4 rings (SSSR count). The Hall–Kier alpha value is -3.49. The van der Waals surface area contributed by atoms with Gasteiger partial charge in [0.1, 0.15) is 5.82 Å². The van der Waals surface area contributed by atoms with Gasteiger partial charge in [-0.05, 0) is 43.2 Å². The highest BCUT2D eigenvalue weighted by Gasteiger charge is 2.20. The van der Waals surface area contributed by atoms with Crippen molar-refractivity contribution < 1.29 is 13.9 Å². The summed E-state index contributed by atoms with van der Waals surface area (Å²) in [6, 6.07) is 21.9. The summed E-state index contributed by atoms with van der Waals surface area (Å²) in [4.78, 5) is 12.9. The Labute approximate surface area is 214 Å². The number of carbonyl (C=O) groups excluding carboxylic acids is 1. The summed E-state index contributed by atoms with van der Waals surface area (Å²) in [5, 5.41) is 12.7. The van der Waals surface area contributed by atoms with Gasteiger partial charge in [0.2, 0.25) is 0 Å². The summed E-state index contributed by atoms with van der Waals surface area (Å²) >= 11 is 1.53. The van der Waals surface area contributed by atoms with Crippen molar-refractivity contribution in [3.63, 3.8) is 0 Å². The molecule has 36 heavy (non-hydrogen) atoms. The van der Waals surface area contributed by atoms with Crippen LogP contribution in [0.2, 0.25) is 0 Å². The minimum atomic E-state index is -0.300. The number of ether oxygens (including phenoxy) is 1. The average molecular weight is 505 g/mol. The molecule has 0 saturated heterocycles. The van der Waals surface area contributed by atoms with Crippen molar-refractivity contribution in [3.05, 3.63) is 101 Å². The van der Waals surface area contributed by atoms with Crippen LogP contribution in [0.4, 0.5) is 4.39 Å². The fourth-order valence-corrected chi connectivity index (χ4v) is 4.92. The number of rotatable bonds is 10. The Bertz CT molecular complexity index is 1310. The highest BCUT2D eigenvalue weighted by molar-refractivity contribution is 7.98. The lowest BCUT2D eigenvalue weighted by Crippen LogP contribution is -2.24. The van der Waals surface area contributed by atoms with Crippen LogP contribution in [0, 0.1) is 12.7 Å². The highest BCUT2D eigenvalue weighted by atomic mass is 32.2. The van der Waals surface area contributed by atoms with E-state index >= 15 is 0 Å². The molecule has 4 aromatic rings. The lowest BCUT2D eigenvalue weighted by molar-refractivity contribution is 0.0950. The Morgan fingerprint density at radius 2 is 1.78 bits per heavy atom. The van der Waals surface area contributed by atoms with Gasteiger partial charge in [0.15, 0.2) is 11.0 Å². The molecular formula is C28H29FN4O2S. The summed E-state index contributed by atoms with van der Waals surface area (Å²) in [5.74, 6) is 0.856. The normalized spacial score (nSPS) is 11.9. The average Bonchev–Trinajstić information content (AvgIpc) is 3.32. The number of nitrogens with zero attached hydrogens (tertiary/aromatic N) is 3. The molecule has 0 aliphatic carbocycles. The van der Waals surface area contributed by atoms with Crippen LogP contribution in [0.1, 0.15) is 40.0 Å². The van der Waals surface area contributed by atoms with E-state index in [9.17, 15) is 9.18 Å². The van der Waals surface area contributed by atoms with E-state index < -0.39 is 0 Å². The van der Waals surface area contributed by atoms with Crippen molar-refractivity contribution in [2.75, 3.05) is 13.7 Å². The summed E-state index contributed by atoms with van der Waals surface area (Å²) in [5.41, 5.74) is 4.49. The van der Waals surface area contributed by atoms with Crippen LogP contribution in [-0.2, 0) is 17.0 Å². The Morgan fingerprint density at radius 3 is 2.50 bits per heavy atom. The second-order valence-corrected chi connectivity index (χ2v) is 9.54. The van der Waals surface area contributed by atoms with Crippen LogP contribution in [-0.4, -0.2) is 34.4 Å². The maximum atomic E-state index is 13.2. The van der Waals surface area contributed by atoms with Gasteiger partial charge in [0, 0.05) is 30.5 Å². The number of amides is 1. The van der Waals surface area contributed by atoms with E-state index in [0.29, 0.717) is 24.5 Å². The van der Waals surface area contributed by atoms with Gasteiger partial charge in [0.05, 0.1) is 12.6 Å². The molecule has 8 heteroatoms. The molecule has 6 nitrogen and oxygen atoms in total. The number of benzene rings is 3. The maximum Gasteiger partial charge on any atom is 0.251 e. The first-order valence-corrected chi connectivity index (χ1v) is 12.7. The fourth-order valence-electron chi connectivity index (χ4n) is 3.88. The Balaban J connectivity index is 1.52. The zero-order chi connectivity index (χ0) is 25.5. The molecule has 1 heterocycles. The monoisotopic (exact) mass is 504 g/mol. The minimum absolute atomic E-state index is 0.0260. The first-order chi connectivity index (χ1) is 17.5. The van der Waals surface area contributed by atoms with Crippen molar-refractivity contribution in [2.45, 2.75) is 37.3 Å². The van der Waals surface area contributed by atoms with Gasteiger partial charge in [-0.15, -0.1) is 10.2 Å². The van der Waals surface area contributed by atoms with Crippen LogP contribution in [0.15, 0.2) is 78.0 Å². The van der Waals surface area contributed by atoms with Gasteiger partial charge in [-0.2, -0.15) is 0 Å². The minimum Gasteiger partial charge on any atom is -0.383 e. The molecule has 1 atom stereocenters. The third kappa shape index (κ3) is 6.19. The summed E-state index contributed by atoms with van der Waals surface area (Å²) in [6.07, 6.45) is 0. The van der Waals surface area contributed by atoms with E-state index in [4.69, 9.17) is 4.74 Å². The van der Waals surface area contributed by atoms with Crippen molar-refractivity contribution in [1.29, 1.82) is 0 Å². The van der Waals surface area contributed by atoms with Crippen LogP contribution in [0.5, 0.6) is 0 Å². The molecule has 0 spiro atoms. The molecule has 1 unspecified atom stereocenters. The predicted octanol–water partition coefficient (Wildman–Crippen LogP) is 5.82. The molecule has 1 N–H and O–H groups in total. The number of halogens is 1. The van der Waals surface area contributed by atoms with Crippen molar-refractivity contribution in [1.82, 2.24) is 20.1 Å². The number of methoxy groups -OCH3 is 1. The van der Waals surface area contributed by atoms with E-state index in [-0.39, 0.29) is 17.8 Å². The van der Waals surface area contributed by atoms with Crippen LogP contribution < -0.4 is 5.32 Å². The largest absolute Gasteiger partial charge is 0.383 e. The molecule has 0 aliphatic rings. The first kappa shape index (κ1) is 25.6. The number of hydrogen-bond donors (Lipinski definition) is 1. The van der Waals surface area contributed by atoms with E-state index in [1.165, 1.54) is 29.5 Å². The molecule has 0 saturated carbocycles. The second-order valence-electron chi connectivity index (χ2n) is 8.60. The van der Waals surface area contributed by atoms with E-state index in [1.54, 1.807) is 19.2 Å². The van der Waals surface area contributed by atoms with Gasteiger partial charge in [0.25, 0.3) is 5.91 Å². The molecule has 0 fully saturated rings. The quantitative estimate of drug-likeness (QED) is 0.276. The first-order valence-electron chi connectivity index (χ1n) is 11.7. The molecule has 0 radical (unpaired) electrons. The lowest BCUT2D eigenvalue weighted by atomic mass is 10.1. The van der Waals surface area contributed by atoms with Gasteiger partial charge in [-0.3, -0.25) is 9.36 Å². The second kappa shape index (κ2) is 12.0. The SMILES string of the molecule is COCC(C)n1c(SCc2ccccc2C(=O)NCc2ccc(F)cc2)nnc1-c1ccc(C)cc1. The highest BCUT2D eigenvalue weighted by Crippen LogP contribution is 2.30. The molecule has 3 aromatic carbocycles. The number of thioether (sulfide) groups is 1. The number of hydrogen-bond acceptors (Lipinski definition) is 5. The standard InChI is InChI=1S/C28H29FN4O2S/c1-19-8-12-22(13-9-19)26-31-32-28(33(26)20(2)17-35-3)36-18-23-6-4-5-7-25(23)27(34)30-16-21-10-14-24(29)15-11-21/h4-15,20H,16-18H2,1-3H3,(H,30,34). The van der Waals surface area contributed by atoms with Crippen LogP contribution >= 0.6 is 11.8 Å². The number of carbonyl (C=O) groups is 1. The van der Waals surface area contributed by atoms with Crippen molar-refractivity contribution >= 4 is 17.7 Å². The van der Waals surface area contributed by atoms with Crippen molar-refractivity contribution in [3.8, 4) is 11.4 Å². The van der Waals surface area contributed by atoms with Gasteiger partial charge >= 0.3 is 0 Å². The van der Waals surface area contributed by atoms with Crippen LogP contribution in [0.3, 0.4) is 0 Å². The zero-order valence-corrected chi connectivity index (χ0v) is 21.4. The molecular weight excluding hydrogens is 475 g/mol. The van der Waals surface area contributed by atoms with E-state index in [2.05, 4.69) is 46.1 Å². The third-order valence-corrected chi connectivity index (χ3v) is 6.80. The van der Waals surface area contributed by atoms with Crippen molar-refractivity contribution in [2.24, 2.45) is 0 Å². The third-order valence-electron chi connectivity index (χ3n) is 5.81. The van der Waals surface area contributed by atoms with E-state index in [0.717, 1.165) is 27.7 Å².